The van der Waals surface area contributed by atoms with E-state index in [0.717, 1.165) is 35.5 Å². The van der Waals surface area contributed by atoms with Crippen LogP contribution in [0.15, 0.2) is 35.3 Å². The average Bonchev–Trinajstić information content (AvgIpc) is 2.76. The van der Waals surface area contributed by atoms with E-state index in [1.165, 1.54) is 0 Å². The largest absolute Gasteiger partial charge is 0.329 e. The Morgan fingerprint density at radius 2 is 2.21 bits per heavy atom. The third kappa shape index (κ3) is 4.44. The van der Waals surface area contributed by atoms with Gasteiger partial charge < -0.3 is 9.88 Å². The number of halogens is 1. The fourth-order valence-corrected chi connectivity index (χ4v) is 2.28. The summed E-state index contributed by atoms with van der Waals surface area (Å²) >= 11 is 3.44. The number of rotatable bonds is 6. The molecule has 0 atom stereocenters. The van der Waals surface area contributed by atoms with Gasteiger partial charge in [0.15, 0.2) is 0 Å². The molecule has 1 N–H and O–H groups in total. The van der Waals surface area contributed by atoms with Gasteiger partial charge in [-0.15, -0.1) is 0 Å². The van der Waals surface area contributed by atoms with Crippen LogP contribution in [0.4, 0.5) is 0 Å². The third-order valence-corrected chi connectivity index (χ3v) is 3.19. The van der Waals surface area contributed by atoms with Crippen molar-refractivity contribution < 1.29 is 0 Å². The maximum atomic E-state index is 4.40. The highest BCUT2D eigenvalue weighted by Crippen LogP contribution is 2.11. The van der Waals surface area contributed by atoms with Gasteiger partial charge in [0.1, 0.15) is 5.82 Å². The Morgan fingerprint density at radius 3 is 2.95 bits per heavy atom. The molecule has 0 unspecified atom stereocenters. The fraction of sp³-hybridized carbons (Fsp3) is 0.429. The van der Waals surface area contributed by atoms with Crippen LogP contribution in [0, 0.1) is 5.92 Å². The molecule has 2 heterocycles. The van der Waals surface area contributed by atoms with Crippen molar-refractivity contribution in [2.45, 2.75) is 26.9 Å². The highest BCUT2D eigenvalue weighted by atomic mass is 79.9. The number of nitrogens with zero attached hydrogens (tertiary/aromatic N) is 3. The van der Waals surface area contributed by atoms with E-state index in [-0.39, 0.29) is 0 Å². The maximum Gasteiger partial charge on any atom is 0.122 e. The number of imidazole rings is 1. The summed E-state index contributed by atoms with van der Waals surface area (Å²) < 4.78 is 3.15. The quantitative estimate of drug-likeness (QED) is 0.889. The predicted molar refractivity (Wildman–Crippen MR) is 79.8 cm³/mol. The van der Waals surface area contributed by atoms with Gasteiger partial charge in [0.2, 0.25) is 0 Å². The van der Waals surface area contributed by atoms with Crippen molar-refractivity contribution in [1.82, 2.24) is 19.9 Å². The molecule has 0 bridgehead atoms. The van der Waals surface area contributed by atoms with Crippen LogP contribution in [0.25, 0.3) is 0 Å². The van der Waals surface area contributed by atoms with Gasteiger partial charge in [-0.25, -0.2) is 4.98 Å². The van der Waals surface area contributed by atoms with Crippen LogP contribution in [-0.4, -0.2) is 21.1 Å². The Kier molecular flexibility index (Phi) is 5.10. The van der Waals surface area contributed by atoms with Gasteiger partial charge in [-0.1, -0.05) is 13.8 Å². The summed E-state index contributed by atoms with van der Waals surface area (Å²) in [6.07, 6.45) is 7.53. The zero-order chi connectivity index (χ0) is 13.7. The molecule has 0 saturated heterocycles. The van der Waals surface area contributed by atoms with E-state index in [4.69, 9.17) is 0 Å². The van der Waals surface area contributed by atoms with Crippen LogP contribution < -0.4 is 5.32 Å². The van der Waals surface area contributed by atoms with E-state index >= 15 is 0 Å². The van der Waals surface area contributed by atoms with E-state index in [0.29, 0.717) is 5.92 Å². The lowest BCUT2D eigenvalue weighted by Crippen LogP contribution is -2.21. The highest BCUT2D eigenvalue weighted by Gasteiger charge is 2.04. The van der Waals surface area contributed by atoms with Crippen LogP contribution in [0.1, 0.15) is 25.2 Å². The Hall–Kier alpha value is -1.20. The molecular weight excluding hydrogens is 304 g/mol. The summed E-state index contributed by atoms with van der Waals surface area (Å²) in [5.74, 6) is 1.71. The predicted octanol–water partition coefficient (Wildman–Crippen LogP) is 2.83. The van der Waals surface area contributed by atoms with Gasteiger partial charge in [0.25, 0.3) is 0 Å². The molecule has 5 heteroatoms. The molecule has 0 amide bonds. The molecule has 0 aliphatic heterocycles. The number of hydrogen-bond donors (Lipinski definition) is 1. The van der Waals surface area contributed by atoms with E-state index in [9.17, 15) is 0 Å². The SMILES string of the molecule is CC(C)CNCc1nccn1Cc1cncc(Br)c1. The molecule has 4 nitrogen and oxygen atoms in total. The van der Waals surface area contributed by atoms with E-state index < -0.39 is 0 Å². The van der Waals surface area contributed by atoms with Crippen LogP contribution >= 0.6 is 15.9 Å². The number of pyridine rings is 1. The van der Waals surface area contributed by atoms with Crippen molar-refractivity contribution in [3.8, 4) is 0 Å². The van der Waals surface area contributed by atoms with Gasteiger partial charge in [0, 0.05) is 29.3 Å². The highest BCUT2D eigenvalue weighted by molar-refractivity contribution is 9.10. The van der Waals surface area contributed by atoms with Gasteiger partial charge in [-0.2, -0.15) is 0 Å². The van der Waals surface area contributed by atoms with Crippen LogP contribution in [0.5, 0.6) is 0 Å². The Morgan fingerprint density at radius 1 is 1.37 bits per heavy atom. The van der Waals surface area contributed by atoms with E-state index in [1.54, 1.807) is 6.20 Å². The molecular formula is C14H19BrN4. The van der Waals surface area contributed by atoms with Crippen molar-refractivity contribution in [2.75, 3.05) is 6.54 Å². The fourth-order valence-electron chi connectivity index (χ4n) is 1.86. The summed E-state index contributed by atoms with van der Waals surface area (Å²) in [6, 6.07) is 2.08. The second-order valence-electron chi connectivity index (χ2n) is 5.01. The van der Waals surface area contributed by atoms with Crippen molar-refractivity contribution in [3.63, 3.8) is 0 Å². The summed E-state index contributed by atoms with van der Waals surface area (Å²) in [6.45, 7) is 7.00. The molecule has 0 aromatic carbocycles. The molecule has 2 aromatic heterocycles. The molecule has 102 valence electrons. The second-order valence-corrected chi connectivity index (χ2v) is 5.92. The summed E-state index contributed by atoms with van der Waals surface area (Å²) in [7, 11) is 0. The topological polar surface area (TPSA) is 42.7 Å². The third-order valence-electron chi connectivity index (χ3n) is 2.75. The van der Waals surface area contributed by atoms with Crippen LogP contribution in [0.3, 0.4) is 0 Å². The molecule has 0 saturated carbocycles. The monoisotopic (exact) mass is 322 g/mol. The molecule has 0 spiro atoms. The Labute approximate surface area is 122 Å². The zero-order valence-electron chi connectivity index (χ0n) is 11.3. The lowest BCUT2D eigenvalue weighted by Gasteiger charge is -2.10. The molecule has 0 radical (unpaired) electrons. The van der Waals surface area contributed by atoms with Gasteiger partial charge in [-0.05, 0) is 40.0 Å². The molecule has 2 rings (SSSR count). The normalized spacial score (nSPS) is 11.2. The van der Waals surface area contributed by atoms with Crippen molar-refractivity contribution in [3.05, 3.63) is 46.7 Å². The first kappa shape index (κ1) is 14.2. The van der Waals surface area contributed by atoms with Gasteiger partial charge in [-0.3, -0.25) is 4.98 Å². The first-order chi connectivity index (χ1) is 9.15. The average molecular weight is 323 g/mol. The first-order valence-electron chi connectivity index (χ1n) is 6.45. The summed E-state index contributed by atoms with van der Waals surface area (Å²) in [4.78, 5) is 8.58. The minimum Gasteiger partial charge on any atom is -0.329 e. The lowest BCUT2D eigenvalue weighted by molar-refractivity contribution is 0.533. The number of nitrogens with one attached hydrogen (secondary N) is 1. The number of hydrogen-bond acceptors (Lipinski definition) is 3. The molecule has 0 aliphatic carbocycles. The summed E-state index contributed by atoms with van der Waals surface area (Å²) in [5, 5.41) is 3.42. The standard InChI is InChI=1S/C14H19BrN4/c1-11(2)6-16-9-14-18-3-4-19(14)10-12-5-13(15)8-17-7-12/h3-5,7-8,11,16H,6,9-10H2,1-2H3. The van der Waals surface area contributed by atoms with Gasteiger partial charge >= 0.3 is 0 Å². The van der Waals surface area contributed by atoms with Crippen molar-refractivity contribution >= 4 is 15.9 Å². The first-order valence-corrected chi connectivity index (χ1v) is 7.24. The Balaban J connectivity index is 1.99. The Bertz CT molecular complexity index is 522. The molecule has 19 heavy (non-hydrogen) atoms. The summed E-state index contributed by atoms with van der Waals surface area (Å²) in [5.41, 5.74) is 1.16. The van der Waals surface area contributed by atoms with Crippen molar-refractivity contribution in [2.24, 2.45) is 5.92 Å². The maximum absolute atomic E-state index is 4.40. The van der Waals surface area contributed by atoms with Crippen LogP contribution in [-0.2, 0) is 13.1 Å². The van der Waals surface area contributed by atoms with E-state index in [1.807, 2.05) is 18.6 Å². The van der Waals surface area contributed by atoms with Crippen molar-refractivity contribution in [1.29, 1.82) is 0 Å². The van der Waals surface area contributed by atoms with E-state index in [2.05, 4.69) is 55.7 Å². The zero-order valence-corrected chi connectivity index (χ0v) is 12.9. The minimum absolute atomic E-state index is 0.651. The number of aromatic nitrogens is 3. The van der Waals surface area contributed by atoms with Crippen LogP contribution in [0.2, 0.25) is 0 Å². The smallest absolute Gasteiger partial charge is 0.122 e. The lowest BCUT2D eigenvalue weighted by atomic mass is 10.2. The molecule has 0 aliphatic rings. The molecule has 0 fully saturated rings. The van der Waals surface area contributed by atoms with Gasteiger partial charge in [0.05, 0.1) is 13.1 Å². The molecule has 2 aromatic rings. The second kappa shape index (κ2) is 6.82. The minimum atomic E-state index is 0.651.